The molecule has 1 aliphatic heterocycles. The number of fused-ring (bicyclic) bond motifs is 2. The van der Waals surface area contributed by atoms with Gasteiger partial charge in [-0.3, -0.25) is 0 Å². The lowest BCUT2D eigenvalue weighted by molar-refractivity contribution is 0.0225. The maximum absolute atomic E-state index is 12.7. The molecule has 1 amide bonds. The molecule has 9 heteroatoms. The molecular formula is C26H32N4O5. The lowest BCUT2D eigenvalue weighted by atomic mass is 10.0. The van der Waals surface area contributed by atoms with Crippen LogP contribution in [0.25, 0.3) is 22.3 Å². The summed E-state index contributed by atoms with van der Waals surface area (Å²) in [5.41, 5.74) is 3.04. The van der Waals surface area contributed by atoms with Gasteiger partial charge in [0.2, 0.25) is 0 Å². The van der Waals surface area contributed by atoms with E-state index in [1.165, 1.54) is 4.57 Å². The second kappa shape index (κ2) is 9.56. The molecule has 0 saturated heterocycles. The van der Waals surface area contributed by atoms with Crippen LogP contribution in [0.15, 0.2) is 30.5 Å². The smallest absolute Gasteiger partial charge is 0.420 e. The molecule has 0 fully saturated rings. The van der Waals surface area contributed by atoms with E-state index in [-0.39, 0.29) is 12.0 Å². The highest BCUT2D eigenvalue weighted by molar-refractivity contribution is 5.88. The van der Waals surface area contributed by atoms with Crippen LogP contribution in [0.3, 0.4) is 0 Å². The largest absolute Gasteiger partial charge is 0.491 e. The van der Waals surface area contributed by atoms with Crippen LogP contribution in [0, 0.1) is 12.8 Å². The van der Waals surface area contributed by atoms with Crippen LogP contribution in [-0.4, -0.2) is 57.0 Å². The SMILES string of the molecule is Cc1nc2ncc(-c3ccc4c(c3)CN(C(=O)OC(C)(C)C)CCO4)cc2n1C(=O)OCC(C)C. The summed E-state index contributed by atoms with van der Waals surface area (Å²) >= 11 is 0. The number of hydrogen-bond acceptors (Lipinski definition) is 7. The lowest BCUT2D eigenvalue weighted by Gasteiger charge is -2.26. The molecule has 0 spiro atoms. The van der Waals surface area contributed by atoms with E-state index in [1.54, 1.807) is 18.0 Å². The Bertz CT molecular complexity index is 1260. The van der Waals surface area contributed by atoms with Gasteiger partial charge in [0.1, 0.15) is 23.8 Å². The number of hydrogen-bond donors (Lipinski definition) is 0. The minimum absolute atomic E-state index is 0.227. The zero-order chi connectivity index (χ0) is 25.3. The molecule has 9 nitrogen and oxygen atoms in total. The first-order valence-electron chi connectivity index (χ1n) is 11.8. The number of aromatic nitrogens is 3. The molecule has 0 radical (unpaired) electrons. The Hall–Kier alpha value is -3.62. The van der Waals surface area contributed by atoms with E-state index in [1.807, 2.05) is 58.9 Å². The number of benzene rings is 1. The van der Waals surface area contributed by atoms with Crippen molar-refractivity contribution in [1.82, 2.24) is 19.4 Å². The van der Waals surface area contributed by atoms with Gasteiger partial charge in [-0.15, -0.1) is 0 Å². The molecule has 3 aromatic rings. The van der Waals surface area contributed by atoms with Gasteiger partial charge in [0, 0.05) is 17.3 Å². The Kier molecular flexibility index (Phi) is 6.69. The average Bonchev–Trinajstić information content (AvgIpc) is 2.96. The Balaban J connectivity index is 1.65. The number of imidazole rings is 1. The molecule has 0 bridgehead atoms. The molecular weight excluding hydrogens is 448 g/mol. The van der Waals surface area contributed by atoms with Crippen LogP contribution in [0.2, 0.25) is 0 Å². The highest BCUT2D eigenvalue weighted by Crippen LogP contribution is 2.31. The first-order valence-corrected chi connectivity index (χ1v) is 11.8. The number of carbonyl (C=O) groups is 2. The van der Waals surface area contributed by atoms with Crippen LogP contribution >= 0.6 is 0 Å². The van der Waals surface area contributed by atoms with Gasteiger partial charge >= 0.3 is 12.2 Å². The number of amides is 1. The predicted octanol–water partition coefficient (Wildman–Crippen LogP) is 5.18. The number of rotatable bonds is 3. The van der Waals surface area contributed by atoms with E-state index in [2.05, 4.69) is 9.97 Å². The Morgan fingerprint density at radius 1 is 1.14 bits per heavy atom. The number of nitrogens with zero attached hydrogens (tertiary/aromatic N) is 4. The van der Waals surface area contributed by atoms with Gasteiger partial charge < -0.3 is 19.1 Å². The second-order valence-electron chi connectivity index (χ2n) is 10.1. The maximum atomic E-state index is 12.7. The number of pyridine rings is 1. The van der Waals surface area contributed by atoms with Gasteiger partial charge in [0.25, 0.3) is 0 Å². The highest BCUT2D eigenvalue weighted by Gasteiger charge is 2.25. The molecule has 1 aliphatic rings. The van der Waals surface area contributed by atoms with Crippen molar-refractivity contribution in [1.29, 1.82) is 0 Å². The molecule has 2 aromatic heterocycles. The van der Waals surface area contributed by atoms with Gasteiger partial charge in [0.15, 0.2) is 5.65 Å². The summed E-state index contributed by atoms with van der Waals surface area (Å²) in [4.78, 5) is 35.9. The fourth-order valence-electron chi connectivity index (χ4n) is 3.82. The van der Waals surface area contributed by atoms with E-state index < -0.39 is 11.7 Å². The zero-order valence-corrected chi connectivity index (χ0v) is 21.1. The van der Waals surface area contributed by atoms with Gasteiger partial charge in [-0.2, -0.15) is 0 Å². The second-order valence-corrected chi connectivity index (χ2v) is 10.1. The van der Waals surface area contributed by atoms with Crippen molar-refractivity contribution < 1.29 is 23.8 Å². The van der Waals surface area contributed by atoms with E-state index in [9.17, 15) is 9.59 Å². The molecule has 3 heterocycles. The Morgan fingerprint density at radius 2 is 1.91 bits per heavy atom. The van der Waals surface area contributed by atoms with Crippen molar-refractivity contribution >= 4 is 23.4 Å². The maximum Gasteiger partial charge on any atom is 0.420 e. The third-order valence-electron chi connectivity index (χ3n) is 5.43. The van der Waals surface area contributed by atoms with Crippen molar-refractivity contribution in [3.63, 3.8) is 0 Å². The summed E-state index contributed by atoms with van der Waals surface area (Å²) in [6.07, 6.45) is 0.881. The van der Waals surface area contributed by atoms with E-state index in [0.29, 0.717) is 43.3 Å². The molecule has 0 atom stereocenters. The monoisotopic (exact) mass is 480 g/mol. The third-order valence-corrected chi connectivity index (χ3v) is 5.43. The zero-order valence-electron chi connectivity index (χ0n) is 21.1. The van der Waals surface area contributed by atoms with Gasteiger partial charge in [-0.1, -0.05) is 19.9 Å². The number of aryl methyl sites for hydroxylation is 1. The molecule has 186 valence electrons. The summed E-state index contributed by atoms with van der Waals surface area (Å²) in [6.45, 7) is 12.8. The topological polar surface area (TPSA) is 95.8 Å². The molecule has 1 aromatic carbocycles. The molecule has 0 unspecified atom stereocenters. The average molecular weight is 481 g/mol. The summed E-state index contributed by atoms with van der Waals surface area (Å²) in [5, 5.41) is 0. The fraction of sp³-hybridized carbons (Fsp3) is 0.462. The summed E-state index contributed by atoms with van der Waals surface area (Å²) in [7, 11) is 0. The van der Waals surface area contributed by atoms with Gasteiger partial charge in [-0.05, 0) is 57.4 Å². The summed E-state index contributed by atoms with van der Waals surface area (Å²) < 4.78 is 18.3. The molecule has 0 N–H and O–H groups in total. The number of ether oxygens (including phenoxy) is 3. The van der Waals surface area contributed by atoms with Crippen LogP contribution in [-0.2, 0) is 16.0 Å². The van der Waals surface area contributed by atoms with Crippen LogP contribution in [0.5, 0.6) is 5.75 Å². The van der Waals surface area contributed by atoms with E-state index >= 15 is 0 Å². The summed E-state index contributed by atoms with van der Waals surface area (Å²) in [6, 6.07) is 7.69. The van der Waals surface area contributed by atoms with Gasteiger partial charge in [0.05, 0.1) is 25.2 Å². The van der Waals surface area contributed by atoms with E-state index in [4.69, 9.17) is 14.2 Å². The van der Waals surface area contributed by atoms with Crippen molar-refractivity contribution in [2.75, 3.05) is 19.8 Å². The first-order chi connectivity index (χ1) is 16.5. The fourth-order valence-corrected chi connectivity index (χ4v) is 3.82. The Morgan fingerprint density at radius 3 is 2.63 bits per heavy atom. The minimum atomic E-state index is -0.576. The number of carbonyl (C=O) groups excluding carboxylic acids is 2. The van der Waals surface area contributed by atoms with Crippen molar-refractivity contribution in [3.05, 3.63) is 41.9 Å². The van der Waals surface area contributed by atoms with Crippen LogP contribution < -0.4 is 4.74 Å². The first kappa shape index (κ1) is 24.5. The minimum Gasteiger partial charge on any atom is -0.491 e. The van der Waals surface area contributed by atoms with Crippen molar-refractivity contribution in [2.24, 2.45) is 5.92 Å². The highest BCUT2D eigenvalue weighted by atomic mass is 16.6. The standard InChI is InChI=1S/C26H32N4O5/c1-16(2)15-34-25(32)30-17(3)28-23-21(30)12-19(13-27-23)18-7-8-22-20(11-18)14-29(9-10-33-22)24(31)35-26(4,5)6/h7-8,11-13,16H,9-10,14-15H2,1-6H3. The molecule has 0 aliphatic carbocycles. The van der Waals surface area contributed by atoms with Gasteiger partial charge in [-0.25, -0.2) is 24.1 Å². The normalized spacial score (nSPS) is 13.9. The van der Waals surface area contributed by atoms with E-state index in [0.717, 1.165) is 22.4 Å². The van der Waals surface area contributed by atoms with Crippen molar-refractivity contribution in [3.8, 4) is 16.9 Å². The third kappa shape index (κ3) is 5.55. The summed E-state index contributed by atoms with van der Waals surface area (Å²) in [5.74, 6) is 1.47. The van der Waals surface area contributed by atoms with Crippen LogP contribution in [0.4, 0.5) is 9.59 Å². The molecule has 0 saturated carbocycles. The quantitative estimate of drug-likeness (QED) is 0.510. The lowest BCUT2D eigenvalue weighted by Crippen LogP contribution is -2.37. The predicted molar refractivity (Wildman–Crippen MR) is 131 cm³/mol. The Labute approximate surface area is 205 Å². The van der Waals surface area contributed by atoms with Crippen LogP contribution in [0.1, 0.15) is 46.0 Å². The van der Waals surface area contributed by atoms with Crippen molar-refractivity contribution in [2.45, 2.75) is 53.7 Å². The molecule has 35 heavy (non-hydrogen) atoms. The molecule has 4 rings (SSSR count).